The molecule has 0 radical (unpaired) electrons. The molecule has 0 spiro atoms. The molecule has 5 N–H and O–H groups in total. The van der Waals surface area contributed by atoms with E-state index < -0.39 is 36.9 Å². The number of aliphatic hydroxyl groups excluding tert-OH is 4. The van der Waals surface area contributed by atoms with Crippen molar-refractivity contribution in [3.63, 3.8) is 0 Å². The van der Waals surface area contributed by atoms with Crippen LogP contribution in [-0.2, 0) is 4.79 Å². The molecule has 1 amide bonds. The molecule has 0 aromatic heterocycles. The minimum Gasteiger partial charge on any atom is -0.394 e. The van der Waals surface area contributed by atoms with E-state index in [0.29, 0.717) is 19.3 Å². The Hall–Kier alpha value is -1.21. The maximum absolute atomic E-state index is 12.6. The molecule has 0 aliphatic rings. The normalized spacial score (nSPS) is 13.8. The van der Waals surface area contributed by atoms with Gasteiger partial charge in [0.15, 0.2) is 0 Å². The summed E-state index contributed by atoms with van der Waals surface area (Å²) < 4.78 is 0. The van der Waals surface area contributed by atoms with Gasteiger partial charge in [0, 0.05) is 0 Å². The molecule has 6 nitrogen and oxygen atoms in total. The second-order valence-corrected chi connectivity index (χ2v) is 21.4. The summed E-state index contributed by atoms with van der Waals surface area (Å²) in [5.41, 5.74) is 0. The van der Waals surface area contributed by atoms with Gasteiger partial charge < -0.3 is 25.7 Å². The molecule has 0 rings (SSSR count). The van der Waals surface area contributed by atoms with E-state index in [1.807, 2.05) is 0 Å². The Morgan fingerprint density at radius 2 is 0.618 bits per heavy atom. The van der Waals surface area contributed by atoms with Crippen LogP contribution >= 0.6 is 0 Å². The number of hydrogen-bond donors (Lipinski definition) is 5. The highest BCUT2D eigenvalue weighted by molar-refractivity contribution is 5.80. The highest BCUT2D eigenvalue weighted by atomic mass is 16.3. The number of carbonyl (C=O) groups excluding carboxylic acids is 1. The molecule has 0 aliphatic heterocycles. The third-order valence-corrected chi connectivity index (χ3v) is 14.6. The van der Waals surface area contributed by atoms with E-state index in [9.17, 15) is 25.2 Å². The Morgan fingerprint density at radius 3 is 0.926 bits per heavy atom. The molecular weight excluding hydrogens is 839 g/mol. The minimum absolute atomic E-state index is 0.365. The molecule has 4 unspecified atom stereocenters. The van der Waals surface area contributed by atoms with Crippen LogP contribution in [0.5, 0.6) is 0 Å². The Balaban J connectivity index is 3.61. The quantitative estimate of drug-likeness (QED) is 0.0308. The predicted molar refractivity (Wildman–Crippen MR) is 298 cm³/mol. The number of nitrogens with one attached hydrogen (secondary N) is 1. The third kappa shape index (κ3) is 49.8. The zero-order valence-corrected chi connectivity index (χ0v) is 45.9. The number of allylic oxidation sites excluding steroid dienone is 4. The maximum atomic E-state index is 12.6. The Bertz CT molecular complexity index is 1030. The Kier molecular flexibility index (Phi) is 55.7. The number of hydrogen-bond acceptors (Lipinski definition) is 5. The summed E-state index contributed by atoms with van der Waals surface area (Å²) >= 11 is 0. The molecule has 4 atom stereocenters. The number of aliphatic hydroxyl groups is 4. The van der Waals surface area contributed by atoms with Crippen molar-refractivity contribution in [1.82, 2.24) is 5.32 Å². The van der Waals surface area contributed by atoms with Gasteiger partial charge in [0.2, 0.25) is 5.91 Å². The van der Waals surface area contributed by atoms with Crippen molar-refractivity contribution in [1.29, 1.82) is 0 Å². The average molecular weight is 961 g/mol. The van der Waals surface area contributed by atoms with Gasteiger partial charge in [-0.3, -0.25) is 4.79 Å². The third-order valence-electron chi connectivity index (χ3n) is 14.6. The smallest absolute Gasteiger partial charge is 0.249 e. The fourth-order valence-electron chi connectivity index (χ4n) is 9.84. The lowest BCUT2D eigenvalue weighted by molar-refractivity contribution is -0.132. The molecule has 404 valence electrons. The SMILES string of the molecule is CCCCCCCCCCCCCCCC/C=C/CC/C=C/CCCC(O)C(O)C(CO)NC(=O)C(O)CCCCCCCCCCCCCCCCCCCCCCCCCCCCCCC. The molecule has 0 aromatic rings. The van der Waals surface area contributed by atoms with Crippen LogP contribution in [0.1, 0.15) is 335 Å². The fraction of sp³-hybridized carbons (Fsp3) is 0.919. The summed E-state index contributed by atoms with van der Waals surface area (Å²) in [6.45, 7) is 4.08. The van der Waals surface area contributed by atoms with E-state index in [2.05, 4.69) is 43.5 Å². The molecule has 0 heterocycles. The molecule has 0 saturated heterocycles. The molecule has 6 heteroatoms. The lowest BCUT2D eigenvalue weighted by Crippen LogP contribution is -2.53. The largest absolute Gasteiger partial charge is 0.394 e. The first-order chi connectivity index (χ1) is 33.5. The second kappa shape index (κ2) is 56.7. The van der Waals surface area contributed by atoms with Crippen LogP contribution in [0.2, 0.25) is 0 Å². The average Bonchev–Trinajstić information content (AvgIpc) is 3.34. The van der Waals surface area contributed by atoms with Crippen molar-refractivity contribution in [2.24, 2.45) is 0 Å². The molecule has 0 saturated carbocycles. The molecule has 0 aromatic carbocycles. The van der Waals surface area contributed by atoms with E-state index in [4.69, 9.17) is 0 Å². The van der Waals surface area contributed by atoms with E-state index in [0.717, 1.165) is 38.5 Å². The van der Waals surface area contributed by atoms with E-state index in [1.165, 1.54) is 263 Å². The number of carbonyl (C=O) groups is 1. The maximum Gasteiger partial charge on any atom is 0.249 e. The summed E-state index contributed by atoms with van der Waals surface area (Å²) in [6.07, 6.45) is 69.9. The number of unbranched alkanes of at least 4 members (excludes halogenated alkanes) is 44. The Morgan fingerprint density at radius 1 is 0.353 bits per heavy atom. The molecule has 68 heavy (non-hydrogen) atoms. The molecule has 0 bridgehead atoms. The van der Waals surface area contributed by atoms with Gasteiger partial charge in [0.1, 0.15) is 12.2 Å². The van der Waals surface area contributed by atoms with Gasteiger partial charge in [-0.1, -0.05) is 308 Å². The van der Waals surface area contributed by atoms with Crippen LogP contribution in [0.25, 0.3) is 0 Å². The molecule has 0 aliphatic carbocycles. The Labute approximate surface area is 425 Å². The molecular formula is C62H121NO5. The molecule has 0 fully saturated rings. The van der Waals surface area contributed by atoms with Crippen LogP contribution in [0.15, 0.2) is 24.3 Å². The topological polar surface area (TPSA) is 110 Å². The van der Waals surface area contributed by atoms with Crippen molar-refractivity contribution < 1.29 is 25.2 Å². The highest BCUT2D eigenvalue weighted by Gasteiger charge is 2.28. The fourth-order valence-corrected chi connectivity index (χ4v) is 9.84. The summed E-state index contributed by atoms with van der Waals surface area (Å²) in [7, 11) is 0. The first kappa shape index (κ1) is 66.8. The zero-order valence-electron chi connectivity index (χ0n) is 45.9. The van der Waals surface area contributed by atoms with Crippen molar-refractivity contribution in [3.05, 3.63) is 24.3 Å². The van der Waals surface area contributed by atoms with E-state index in [-0.39, 0.29) is 0 Å². The lowest BCUT2D eigenvalue weighted by Gasteiger charge is -2.27. The van der Waals surface area contributed by atoms with Crippen molar-refractivity contribution in [2.45, 2.75) is 359 Å². The van der Waals surface area contributed by atoms with Crippen LogP contribution in [0.4, 0.5) is 0 Å². The van der Waals surface area contributed by atoms with Crippen LogP contribution in [-0.4, -0.2) is 57.3 Å². The van der Waals surface area contributed by atoms with Crippen LogP contribution in [0, 0.1) is 0 Å². The number of amides is 1. The van der Waals surface area contributed by atoms with Gasteiger partial charge >= 0.3 is 0 Å². The van der Waals surface area contributed by atoms with Crippen molar-refractivity contribution in [3.8, 4) is 0 Å². The van der Waals surface area contributed by atoms with E-state index in [1.54, 1.807) is 0 Å². The predicted octanol–water partition coefficient (Wildman–Crippen LogP) is 18.2. The summed E-state index contributed by atoms with van der Waals surface area (Å²) in [4.78, 5) is 12.6. The van der Waals surface area contributed by atoms with Gasteiger partial charge in [-0.15, -0.1) is 0 Å². The standard InChI is InChI=1S/C62H121NO5/c1-3-5-7-9-11-13-15-17-19-21-23-25-27-28-29-30-31-32-34-36-38-40-42-44-46-48-50-52-54-56-60(66)62(68)63-58(57-64)61(67)59(65)55-53-51-49-47-45-43-41-39-37-35-33-26-24-22-20-18-16-14-12-10-8-6-4-2/h39,41,47,49,58-61,64-67H,3-38,40,42-46,48,50-57H2,1-2H3,(H,63,68)/b41-39+,49-47+. The van der Waals surface area contributed by atoms with E-state index >= 15 is 0 Å². The van der Waals surface area contributed by atoms with Gasteiger partial charge in [0.05, 0.1) is 18.8 Å². The van der Waals surface area contributed by atoms with Crippen LogP contribution in [0.3, 0.4) is 0 Å². The van der Waals surface area contributed by atoms with Gasteiger partial charge in [0.25, 0.3) is 0 Å². The van der Waals surface area contributed by atoms with Gasteiger partial charge in [-0.05, 0) is 51.4 Å². The zero-order chi connectivity index (χ0) is 49.5. The summed E-state index contributed by atoms with van der Waals surface area (Å²) in [5.74, 6) is -0.591. The monoisotopic (exact) mass is 960 g/mol. The van der Waals surface area contributed by atoms with Gasteiger partial charge in [-0.25, -0.2) is 0 Å². The first-order valence-electron chi connectivity index (χ1n) is 30.7. The van der Waals surface area contributed by atoms with Gasteiger partial charge in [-0.2, -0.15) is 0 Å². The first-order valence-corrected chi connectivity index (χ1v) is 30.7. The summed E-state index contributed by atoms with van der Waals surface area (Å²) in [6, 6.07) is -1.01. The summed E-state index contributed by atoms with van der Waals surface area (Å²) in [5, 5.41) is 44.0. The minimum atomic E-state index is -1.29. The number of rotatable bonds is 57. The lowest BCUT2D eigenvalue weighted by atomic mass is 10.00. The highest BCUT2D eigenvalue weighted by Crippen LogP contribution is 2.18. The second-order valence-electron chi connectivity index (χ2n) is 21.4. The van der Waals surface area contributed by atoms with Crippen LogP contribution < -0.4 is 5.32 Å². The van der Waals surface area contributed by atoms with Crippen molar-refractivity contribution in [2.75, 3.05) is 6.61 Å². The van der Waals surface area contributed by atoms with Crippen molar-refractivity contribution >= 4 is 5.91 Å².